The molecule has 0 atom stereocenters. The molecular formula is C15H15N5. The molecule has 5 nitrogen and oxygen atoms in total. The average Bonchev–Trinajstić information content (AvgIpc) is 2.53. The molecule has 0 unspecified atom stereocenters. The smallest absolute Gasteiger partial charge is 0.134 e. The highest BCUT2D eigenvalue weighted by atomic mass is 15.0. The van der Waals surface area contributed by atoms with Gasteiger partial charge in [0.1, 0.15) is 11.6 Å². The van der Waals surface area contributed by atoms with E-state index in [1.54, 1.807) is 12.4 Å². The fourth-order valence-corrected chi connectivity index (χ4v) is 2.16. The van der Waals surface area contributed by atoms with E-state index in [1.807, 2.05) is 44.6 Å². The summed E-state index contributed by atoms with van der Waals surface area (Å²) in [7, 11) is 3.72. The van der Waals surface area contributed by atoms with Crippen LogP contribution in [0.4, 0.5) is 11.6 Å². The summed E-state index contributed by atoms with van der Waals surface area (Å²) in [4.78, 5) is 13.1. The van der Waals surface area contributed by atoms with Crippen molar-refractivity contribution in [1.29, 1.82) is 0 Å². The van der Waals surface area contributed by atoms with Crippen molar-refractivity contribution in [2.45, 2.75) is 0 Å². The number of aromatic nitrogens is 3. The zero-order valence-electron chi connectivity index (χ0n) is 11.4. The van der Waals surface area contributed by atoms with Gasteiger partial charge < -0.3 is 10.6 Å². The Kier molecular flexibility index (Phi) is 3.16. The van der Waals surface area contributed by atoms with Gasteiger partial charge in [-0.15, -0.1) is 0 Å². The molecule has 0 aliphatic carbocycles. The van der Waals surface area contributed by atoms with Crippen molar-refractivity contribution in [2.75, 3.05) is 24.7 Å². The molecule has 3 aromatic heterocycles. The summed E-state index contributed by atoms with van der Waals surface area (Å²) in [6.45, 7) is 0. The molecule has 0 spiro atoms. The fourth-order valence-electron chi connectivity index (χ4n) is 2.16. The Bertz CT molecular complexity index is 754. The van der Waals surface area contributed by atoms with E-state index < -0.39 is 0 Å². The lowest BCUT2D eigenvalue weighted by Crippen LogP contribution is -1.97. The van der Waals surface area contributed by atoms with Crippen LogP contribution in [0.5, 0.6) is 0 Å². The molecule has 0 aliphatic heterocycles. The number of hydrogen-bond donors (Lipinski definition) is 2. The van der Waals surface area contributed by atoms with Crippen molar-refractivity contribution in [3.8, 4) is 11.3 Å². The molecule has 3 aromatic rings. The van der Waals surface area contributed by atoms with E-state index in [4.69, 9.17) is 0 Å². The van der Waals surface area contributed by atoms with Gasteiger partial charge in [-0.2, -0.15) is 0 Å². The minimum Gasteiger partial charge on any atom is -0.373 e. The van der Waals surface area contributed by atoms with Crippen molar-refractivity contribution in [2.24, 2.45) is 0 Å². The van der Waals surface area contributed by atoms with Gasteiger partial charge in [0.15, 0.2) is 0 Å². The summed E-state index contributed by atoms with van der Waals surface area (Å²) >= 11 is 0. The van der Waals surface area contributed by atoms with Crippen LogP contribution in [-0.4, -0.2) is 29.0 Å². The van der Waals surface area contributed by atoms with Crippen LogP contribution >= 0.6 is 0 Å². The highest BCUT2D eigenvalue weighted by Crippen LogP contribution is 2.27. The van der Waals surface area contributed by atoms with Gasteiger partial charge in [0.2, 0.25) is 0 Å². The van der Waals surface area contributed by atoms with Crippen molar-refractivity contribution >= 4 is 22.4 Å². The summed E-state index contributed by atoms with van der Waals surface area (Å²) in [5.41, 5.74) is 1.92. The highest BCUT2D eigenvalue weighted by molar-refractivity contribution is 5.93. The normalized spacial score (nSPS) is 10.5. The summed E-state index contributed by atoms with van der Waals surface area (Å²) in [6.07, 6.45) is 5.40. The van der Waals surface area contributed by atoms with Crippen LogP contribution in [0.3, 0.4) is 0 Å². The van der Waals surface area contributed by atoms with E-state index in [2.05, 4.69) is 25.6 Å². The maximum Gasteiger partial charge on any atom is 0.134 e. The Morgan fingerprint density at radius 2 is 1.90 bits per heavy atom. The zero-order chi connectivity index (χ0) is 13.9. The van der Waals surface area contributed by atoms with E-state index in [1.165, 1.54) is 0 Å². The Morgan fingerprint density at radius 1 is 1.00 bits per heavy atom. The van der Waals surface area contributed by atoms with Crippen LogP contribution in [0.15, 0.2) is 42.9 Å². The molecule has 0 radical (unpaired) electrons. The number of nitrogens with zero attached hydrogens (tertiary/aromatic N) is 3. The van der Waals surface area contributed by atoms with Gasteiger partial charge in [-0.3, -0.25) is 4.98 Å². The van der Waals surface area contributed by atoms with E-state index in [9.17, 15) is 0 Å². The largest absolute Gasteiger partial charge is 0.373 e. The van der Waals surface area contributed by atoms with Gasteiger partial charge in [-0.05, 0) is 24.3 Å². The first-order valence-corrected chi connectivity index (χ1v) is 6.38. The number of nitrogens with one attached hydrogen (secondary N) is 2. The van der Waals surface area contributed by atoms with Gasteiger partial charge in [0.25, 0.3) is 0 Å². The second-order valence-corrected chi connectivity index (χ2v) is 4.38. The predicted molar refractivity (Wildman–Crippen MR) is 81.9 cm³/mol. The third kappa shape index (κ3) is 2.14. The topological polar surface area (TPSA) is 62.7 Å². The number of fused-ring (bicyclic) bond motifs is 1. The third-order valence-corrected chi connectivity index (χ3v) is 3.18. The number of hydrogen-bond acceptors (Lipinski definition) is 5. The van der Waals surface area contributed by atoms with Crippen LogP contribution in [-0.2, 0) is 0 Å². The Hall–Kier alpha value is -2.69. The third-order valence-electron chi connectivity index (χ3n) is 3.18. The fraction of sp³-hybridized carbons (Fsp3) is 0.133. The molecule has 20 heavy (non-hydrogen) atoms. The van der Waals surface area contributed by atoms with Crippen molar-refractivity contribution in [3.63, 3.8) is 0 Å². The van der Waals surface area contributed by atoms with Crippen LogP contribution < -0.4 is 10.6 Å². The van der Waals surface area contributed by atoms with E-state index >= 15 is 0 Å². The quantitative estimate of drug-likeness (QED) is 0.762. The predicted octanol–water partition coefficient (Wildman–Crippen LogP) is 2.78. The Balaban J connectivity index is 2.20. The molecule has 2 N–H and O–H groups in total. The first kappa shape index (κ1) is 12.3. The maximum atomic E-state index is 4.67. The van der Waals surface area contributed by atoms with E-state index in [-0.39, 0.29) is 0 Å². The molecule has 3 rings (SSSR count). The molecule has 0 saturated carbocycles. The lowest BCUT2D eigenvalue weighted by atomic mass is 10.1. The SMILES string of the molecule is CNc1cc(-c2cc3cnccc3c(NC)n2)ccn1. The summed E-state index contributed by atoms with van der Waals surface area (Å²) < 4.78 is 0. The zero-order valence-corrected chi connectivity index (χ0v) is 11.4. The molecular weight excluding hydrogens is 250 g/mol. The lowest BCUT2D eigenvalue weighted by molar-refractivity contribution is 1.26. The standard InChI is InChI=1S/C15H15N5/c1-16-14-8-10(3-6-19-14)13-7-11-9-18-5-4-12(11)15(17-2)20-13/h3-9H,1-2H3,(H,16,19)(H,17,20). The molecule has 5 heteroatoms. The molecule has 0 aliphatic rings. The molecule has 0 bridgehead atoms. The van der Waals surface area contributed by atoms with Crippen molar-refractivity contribution in [1.82, 2.24) is 15.0 Å². The van der Waals surface area contributed by atoms with Crippen LogP contribution in [0, 0.1) is 0 Å². The maximum absolute atomic E-state index is 4.67. The second kappa shape index (κ2) is 5.13. The van der Waals surface area contributed by atoms with Crippen LogP contribution in [0.1, 0.15) is 0 Å². The van der Waals surface area contributed by atoms with Crippen molar-refractivity contribution < 1.29 is 0 Å². The van der Waals surface area contributed by atoms with Gasteiger partial charge in [0.05, 0.1) is 5.69 Å². The molecule has 0 aromatic carbocycles. The molecule has 0 fully saturated rings. The molecule has 100 valence electrons. The summed E-state index contributed by atoms with van der Waals surface area (Å²) in [5.74, 6) is 1.67. The summed E-state index contributed by atoms with van der Waals surface area (Å²) in [5, 5.41) is 8.30. The molecule has 3 heterocycles. The average molecular weight is 265 g/mol. The molecule has 0 saturated heterocycles. The summed E-state index contributed by atoms with van der Waals surface area (Å²) in [6, 6.07) is 7.93. The van der Waals surface area contributed by atoms with E-state index in [0.717, 1.165) is 33.7 Å². The minimum absolute atomic E-state index is 0.821. The van der Waals surface area contributed by atoms with Gasteiger partial charge in [-0.25, -0.2) is 9.97 Å². The lowest BCUT2D eigenvalue weighted by Gasteiger charge is -2.09. The second-order valence-electron chi connectivity index (χ2n) is 4.38. The highest BCUT2D eigenvalue weighted by Gasteiger charge is 2.07. The monoisotopic (exact) mass is 265 g/mol. The van der Waals surface area contributed by atoms with E-state index in [0.29, 0.717) is 0 Å². The first-order chi connectivity index (χ1) is 9.81. The molecule has 0 amide bonds. The number of rotatable bonds is 3. The first-order valence-electron chi connectivity index (χ1n) is 6.38. The van der Waals surface area contributed by atoms with Crippen molar-refractivity contribution in [3.05, 3.63) is 42.9 Å². The van der Waals surface area contributed by atoms with Crippen LogP contribution in [0.2, 0.25) is 0 Å². The number of anilines is 2. The van der Waals surface area contributed by atoms with Gasteiger partial charge in [-0.1, -0.05) is 0 Å². The Morgan fingerprint density at radius 3 is 2.70 bits per heavy atom. The van der Waals surface area contributed by atoms with Gasteiger partial charge in [0, 0.05) is 49.0 Å². The van der Waals surface area contributed by atoms with Crippen LogP contribution in [0.25, 0.3) is 22.0 Å². The number of pyridine rings is 3. The van der Waals surface area contributed by atoms with Gasteiger partial charge >= 0.3 is 0 Å². The Labute approximate surface area is 117 Å². The minimum atomic E-state index is 0.821.